The zero-order chi connectivity index (χ0) is 14.7. The Kier molecular flexibility index (Phi) is 3.85. The summed E-state index contributed by atoms with van der Waals surface area (Å²) < 4.78 is 7.57. The van der Waals surface area contributed by atoms with E-state index in [0.717, 1.165) is 40.7 Å². The Morgan fingerprint density at radius 3 is 3.00 bits per heavy atom. The molecule has 0 amide bonds. The van der Waals surface area contributed by atoms with E-state index in [2.05, 4.69) is 26.5 Å². The molecule has 4 nitrogen and oxygen atoms in total. The molecule has 0 aliphatic rings. The molecule has 3 aromatic rings. The molecule has 21 heavy (non-hydrogen) atoms. The number of hydrogen-bond acceptors (Lipinski definition) is 3. The second-order valence-electron chi connectivity index (χ2n) is 4.93. The number of para-hydroxylation sites is 1. The standard InChI is InChI=1S/C17H17N3O/c1-3-10-21-11-6-9-20-13(2)19-16-12-18-15-8-5-4-7-14(15)17(16)20/h1,4-5,7-8,12H,6,9-11H2,2H3. The van der Waals surface area contributed by atoms with Crippen LogP contribution < -0.4 is 0 Å². The van der Waals surface area contributed by atoms with Gasteiger partial charge in [-0.15, -0.1) is 6.42 Å². The highest BCUT2D eigenvalue weighted by molar-refractivity contribution is 6.02. The van der Waals surface area contributed by atoms with Crippen LogP contribution in [0.15, 0.2) is 30.5 Å². The first kappa shape index (κ1) is 13.6. The highest BCUT2D eigenvalue weighted by Crippen LogP contribution is 2.24. The Bertz CT molecular complexity index is 814. The fourth-order valence-electron chi connectivity index (χ4n) is 2.61. The minimum Gasteiger partial charge on any atom is -0.369 e. The number of rotatable bonds is 5. The molecule has 0 fully saturated rings. The SMILES string of the molecule is C#CCOCCCn1c(C)nc2cnc3ccccc3c21. The zero-order valence-electron chi connectivity index (χ0n) is 12.0. The van der Waals surface area contributed by atoms with Crippen molar-refractivity contribution in [1.82, 2.24) is 14.5 Å². The van der Waals surface area contributed by atoms with Gasteiger partial charge in [-0.05, 0) is 19.4 Å². The molecule has 0 atom stereocenters. The van der Waals surface area contributed by atoms with Crippen molar-refractivity contribution in [3.63, 3.8) is 0 Å². The predicted octanol–water partition coefficient (Wildman–Crippen LogP) is 2.93. The summed E-state index contributed by atoms with van der Waals surface area (Å²) in [6.45, 7) is 3.92. The number of aromatic nitrogens is 3. The van der Waals surface area contributed by atoms with Gasteiger partial charge in [-0.1, -0.05) is 24.1 Å². The van der Waals surface area contributed by atoms with Gasteiger partial charge in [0, 0.05) is 18.5 Å². The topological polar surface area (TPSA) is 39.9 Å². The van der Waals surface area contributed by atoms with Crippen molar-refractivity contribution in [2.24, 2.45) is 0 Å². The largest absolute Gasteiger partial charge is 0.369 e. The van der Waals surface area contributed by atoms with Gasteiger partial charge in [0.05, 0.1) is 17.2 Å². The summed E-state index contributed by atoms with van der Waals surface area (Å²) in [5, 5.41) is 1.14. The van der Waals surface area contributed by atoms with Gasteiger partial charge in [0.1, 0.15) is 17.9 Å². The predicted molar refractivity (Wildman–Crippen MR) is 84.0 cm³/mol. The fraction of sp³-hybridized carbons (Fsp3) is 0.294. The Morgan fingerprint density at radius 1 is 1.29 bits per heavy atom. The number of terminal acetylenes is 1. The molecule has 0 radical (unpaired) electrons. The van der Waals surface area contributed by atoms with E-state index in [-0.39, 0.29) is 0 Å². The van der Waals surface area contributed by atoms with Crippen LogP contribution in [-0.4, -0.2) is 27.7 Å². The van der Waals surface area contributed by atoms with E-state index in [1.807, 2.05) is 31.3 Å². The van der Waals surface area contributed by atoms with E-state index in [1.54, 1.807) is 0 Å². The molecule has 0 unspecified atom stereocenters. The molecule has 0 bridgehead atoms. The van der Waals surface area contributed by atoms with Crippen LogP contribution in [0.4, 0.5) is 0 Å². The lowest BCUT2D eigenvalue weighted by atomic mass is 10.2. The molecule has 2 heterocycles. The maximum Gasteiger partial charge on any atom is 0.108 e. The number of ether oxygens (including phenoxy) is 1. The Balaban J connectivity index is 1.95. The third-order valence-corrected chi connectivity index (χ3v) is 3.53. The Hall–Kier alpha value is -2.38. The number of benzene rings is 1. The molecule has 1 aromatic carbocycles. The van der Waals surface area contributed by atoms with Crippen molar-refractivity contribution in [2.45, 2.75) is 19.9 Å². The van der Waals surface area contributed by atoms with Gasteiger partial charge in [0.15, 0.2) is 0 Å². The average molecular weight is 279 g/mol. The summed E-state index contributed by atoms with van der Waals surface area (Å²) >= 11 is 0. The van der Waals surface area contributed by atoms with E-state index in [1.165, 1.54) is 0 Å². The minimum absolute atomic E-state index is 0.372. The minimum atomic E-state index is 0.372. The third kappa shape index (κ3) is 2.61. The molecule has 4 heteroatoms. The smallest absolute Gasteiger partial charge is 0.108 e. The molecule has 0 N–H and O–H groups in total. The second kappa shape index (κ2) is 5.94. The highest BCUT2D eigenvalue weighted by Gasteiger charge is 2.11. The molecule has 0 aliphatic carbocycles. The number of nitrogens with zero attached hydrogens (tertiary/aromatic N) is 3. The lowest BCUT2D eigenvalue weighted by Crippen LogP contribution is -2.05. The van der Waals surface area contributed by atoms with E-state index in [0.29, 0.717) is 13.2 Å². The Morgan fingerprint density at radius 2 is 2.14 bits per heavy atom. The van der Waals surface area contributed by atoms with E-state index >= 15 is 0 Å². The van der Waals surface area contributed by atoms with Crippen LogP contribution in [0.1, 0.15) is 12.2 Å². The van der Waals surface area contributed by atoms with Gasteiger partial charge >= 0.3 is 0 Å². The van der Waals surface area contributed by atoms with Gasteiger partial charge in [0.25, 0.3) is 0 Å². The van der Waals surface area contributed by atoms with E-state index in [9.17, 15) is 0 Å². The van der Waals surface area contributed by atoms with Gasteiger partial charge in [-0.3, -0.25) is 4.98 Å². The van der Waals surface area contributed by atoms with Crippen molar-refractivity contribution < 1.29 is 4.74 Å². The summed E-state index contributed by atoms with van der Waals surface area (Å²) in [5.74, 6) is 3.48. The van der Waals surface area contributed by atoms with Gasteiger partial charge in [0.2, 0.25) is 0 Å². The van der Waals surface area contributed by atoms with Crippen LogP contribution in [-0.2, 0) is 11.3 Å². The molecule has 0 saturated heterocycles. The first-order valence-electron chi connectivity index (χ1n) is 7.03. The fourth-order valence-corrected chi connectivity index (χ4v) is 2.61. The average Bonchev–Trinajstić information content (AvgIpc) is 2.83. The van der Waals surface area contributed by atoms with Crippen molar-refractivity contribution in [3.05, 3.63) is 36.3 Å². The maximum atomic E-state index is 5.34. The first-order valence-corrected chi connectivity index (χ1v) is 7.03. The van der Waals surface area contributed by atoms with Gasteiger partial charge in [-0.2, -0.15) is 0 Å². The molecule has 0 saturated carbocycles. The van der Waals surface area contributed by atoms with Crippen LogP contribution in [0.3, 0.4) is 0 Å². The van der Waals surface area contributed by atoms with Crippen LogP contribution in [0.25, 0.3) is 21.9 Å². The molecular weight excluding hydrogens is 262 g/mol. The molecule has 106 valence electrons. The number of fused-ring (bicyclic) bond motifs is 3. The van der Waals surface area contributed by atoms with Crippen molar-refractivity contribution >= 4 is 21.9 Å². The third-order valence-electron chi connectivity index (χ3n) is 3.53. The van der Waals surface area contributed by atoms with E-state index in [4.69, 9.17) is 11.2 Å². The summed E-state index contributed by atoms with van der Waals surface area (Å²) in [4.78, 5) is 9.07. The first-order chi connectivity index (χ1) is 10.3. The number of aryl methyl sites for hydroxylation is 2. The summed E-state index contributed by atoms with van der Waals surface area (Å²) in [6.07, 6.45) is 7.92. The van der Waals surface area contributed by atoms with Crippen LogP contribution in [0.2, 0.25) is 0 Å². The number of pyridine rings is 1. The van der Waals surface area contributed by atoms with E-state index < -0.39 is 0 Å². The molecule has 0 aliphatic heterocycles. The van der Waals surface area contributed by atoms with Crippen LogP contribution >= 0.6 is 0 Å². The molecule has 3 rings (SSSR count). The van der Waals surface area contributed by atoms with Crippen molar-refractivity contribution in [3.8, 4) is 12.3 Å². The maximum absolute atomic E-state index is 5.34. The second-order valence-corrected chi connectivity index (χ2v) is 4.93. The Labute approximate surface area is 123 Å². The summed E-state index contributed by atoms with van der Waals surface area (Å²) in [5.41, 5.74) is 3.08. The normalized spacial score (nSPS) is 11.0. The van der Waals surface area contributed by atoms with Crippen LogP contribution in [0.5, 0.6) is 0 Å². The lowest BCUT2D eigenvalue weighted by molar-refractivity contribution is 0.160. The molecule has 2 aromatic heterocycles. The van der Waals surface area contributed by atoms with Crippen LogP contribution in [0, 0.1) is 19.3 Å². The highest BCUT2D eigenvalue weighted by atomic mass is 16.5. The molecular formula is C17H17N3O. The summed E-state index contributed by atoms with van der Waals surface area (Å²) in [7, 11) is 0. The summed E-state index contributed by atoms with van der Waals surface area (Å²) in [6, 6.07) is 8.16. The molecule has 0 spiro atoms. The quantitative estimate of drug-likeness (QED) is 0.532. The monoisotopic (exact) mass is 279 g/mol. The van der Waals surface area contributed by atoms with Crippen molar-refractivity contribution in [1.29, 1.82) is 0 Å². The zero-order valence-corrected chi connectivity index (χ0v) is 12.0. The number of imidazole rings is 1. The van der Waals surface area contributed by atoms with Crippen molar-refractivity contribution in [2.75, 3.05) is 13.2 Å². The lowest BCUT2D eigenvalue weighted by Gasteiger charge is -2.08. The van der Waals surface area contributed by atoms with Gasteiger partial charge < -0.3 is 9.30 Å². The number of hydrogen-bond donors (Lipinski definition) is 0. The van der Waals surface area contributed by atoms with Gasteiger partial charge in [-0.25, -0.2) is 4.98 Å².